The predicted octanol–water partition coefficient (Wildman–Crippen LogP) is 6.45. The molecule has 8 heteroatoms. The molecule has 0 saturated heterocycles. The molecule has 0 radical (unpaired) electrons. The van der Waals surface area contributed by atoms with Gasteiger partial charge in [-0.25, -0.2) is 4.79 Å². The Morgan fingerprint density at radius 2 is 1.59 bits per heavy atom. The molecule has 0 spiro atoms. The van der Waals surface area contributed by atoms with Gasteiger partial charge in [0.2, 0.25) is 0 Å². The zero-order valence-electron chi connectivity index (χ0n) is 23.2. The van der Waals surface area contributed by atoms with Crippen LogP contribution >= 0.6 is 15.9 Å². The van der Waals surface area contributed by atoms with Crippen molar-refractivity contribution in [1.29, 1.82) is 0 Å². The van der Waals surface area contributed by atoms with E-state index in [0.717, 1.165) is 16.8 Å². The Morgan fingerprint density at radius 3 is 2.27 bits per heavy atom. The molecule has 2 aliphatic rings. The Labute approximate surface area is 248 Å². The minimum absolute atomic E-state index is 0.00972. The second-order valence-corrected chi connectivity index (χ2v) is 10.8. The number of benzene rings is 3. The van der Waals surface area contributed by atoms with Gasteiger partial charge in [-0.15, -0.1) is 0 Å². The number of para-hydroxylation sites is 1. The normalized spacial score (nSPS) is 18.4. The van der Waals surface area contributed by atoms with Crippen LogP contribution in [0, 0.1) is 0 Å². The Bertz CT molecular complexity index is 1500. The van der Waals surface area contributed by atoms with Crippen LogP contribution in [0.25, 0.3) is 0 Å². The zero-order valence-corrected chi connectivity index (χ0v) is 24.8. The molecule has 212 valence electrons. The number of ether oxygens (including phenoxy) is 4. The molecule has 0 unspecified atom stereocenters. The van der Waals surface area contributed by atoms with E-state index in [0.29, 0.717) is 51.4 Å². The summed E-state index contributed by atoms with van der Waals surface area (Å²) in [7, 11) is 3.12. The highest BCUT2D eigenvalue weighted by Gasteiger charge is 2.42. The standard InChI is InChI=1S/C33H32BrNO6/c1-20-30(33(37)41-15-14-40-23-12-8-5-9-13-23)31(24-18-28(38-2)29(39-3)19-25(24)34)32-26(35-20)16-22(17-27(32)36)21-10-6-4-7-11-21/h4-13,18-19,22,31,35H,14-17H2,1-3H3/t22-,31+/m1/s1. The molecular formula is C33H32BrNO6. The predicted molar refractivity (Wildman–Crippen MR) is 159 cm³/mol. The number of esters is 1. The lowest BCUT2D eigenvalue weighted by Gasteiger charge is -2.37. The van der Waals surface area contributed by atoms with Crippen LogP contribution in [0.1, 0.15) is 42.7 Å². The monoisotopic (exact) mass is 617 g/mol. The Kier molecular flexibility index (Phi) is 8.78. The second-order valence-electron chi connectivity index (χ2n) is 9.95. The number of halogens is 1. The lowest BCUT2D eigenvalue weighted by molar-refractivity contribution is -0.140. The fourth-order valence-electron chi connectivity index (χ4n) is 5.56. The van der Waals surface area contributed by atoms with Gasteiger partial charge in [-0.05, 0) is 54.7 Å². The first-order valence-electron chi connectivity index (χ1n) is 13.5. The maximum atomic E-state index is 13.9. The lowest BCUT2D eigenvalue weighted by atomic mass is 9.71. The summed E-state index contributed by atoms with van der Waals surface area (Å²) < 4.78 is 23.2. The molecule has 2 atom stereocenters. The van der Waals surface area contributed by atoms with Crippen LogP contribution in [0.3, 0.4) is 0 Å². The highest BCUT2D eigenvalue weighted by atomic mass is 79.9. The molecule has 0 amide bonds. The summed E-state index contributed by atoms with van der Waals surface area (Å²) in [5.74, 6) is 0.591. The summed E-state index contributed by atoms with van der Waals surface area (Å²) >= 11 is 3.67. The van der Waals surface area contributed by atoms with Crippen molar-refractivity contribution in [2.75, 3.05) is 27.4 Å². The quantitative estimate of drug-likeness (QED) is 0.218. The number of ketones is 1. The SMILES string of the molecule is COc1cc(Br)c([C@H]2C(C(=O)OCCOc3ccccc3)=C(C)NC3=C2C(=O)C[C@H](c2ccccc2)C3)cc1OC. The van der Waals surface area contributed by atoms with Gasteiger partial charge in [0.25, 0.3) is 0 Å². The average Bonchev–Trinajstić information content (AvgIpc) is 2.99. The molecule has 3 aromatic carbocycles. The van der Waals surface area contributed by atoms with Gasteiger partial charge in [-0.2, -0.15) is 0 Å². The van der Waals surface area contributed by atoms with Crippen LogP contribution in [-0.2, 0) is 14.3 Å². The van der Waals surface area contributed by atoms with Gasteiger partial charge in [0, 0.05) is 33.8 Å². The van der Waals surface area contributed by atoms with E-state index in [9.17, 15) is 9.59 Å². The first kappa shape index (κ1) is 28.5. The number of carbonyl (C=O) groups is 2. The number of carbonyl (C=O) groups excluding carboxylic acids is 2. The van der Waals surface area contributed by atoms with E-state index in [2.05, 4.69) is 33.4 Å². The van der Waals surface area contributed by atoms with E-state index < -0.39 is 11.9 Å². The van der Waals surface area contributed by atoms with Crippen LogP contribution < -0.4 is 19.5 Å². The Hall–Kier alpha value is -4.04. The molecule has 0 saturated carbocycles. The van der Waals surface area contributed by atoms with Crippen molar-refractivity contribution in [2.24, 2.45) is 0 Å². The number of allylic oxidation sites excluding steroid dienone is 3. The van der Waals surface area contributed by atoms with Gasteiger partial charge < -0.3 is 24.3 Å². The molecule has 1 aliphatic heterocycles. The minimum atomic E-state index is -0.660. The molecule has 0 fully saturated rings. The highest BCUT2D eigenvalue weighted by Crippen LogP contribution is 2.49. The van der Waals surface area contributed by atoms with E-state index in [-0.39, 0.29) is 24.9 Å². The van der Waals surface area contributed by atoms with Crippen molar-refractivity contribution in [2.45, 2.75) is 31.6 Å². The Morgan fingerprint density at radius 1 is 0.927 bits per heavy atom. The largest absolute Gasteiger partial charge is 0.493 e. The van der Waals surface area contributed by atoms with Gasteiger partial charge >= 0.3 is 5.97 Å². The van der Waals surface area contributed by atoms with E-state index in [1.54, 1.807) is 20.3 Å². The lowest BCUT2D eigenvalue weighted by Crippen LogP contribution is -2.36. The molecule has 1 heterocycles. The first-order chi connectivity index (χ1) is 19.9. The third-order valence-corrected chi connectivity index (χ3v) is 8.15. The maximum Gasteiger partial charge on any atom is 0.336 e. The van der Waals surface area contributed by atoms with Crippen LogP contribution in [-0.4, -0.2) is 39.2 Å². The van der Waals surface area contributed by atoms with Crippen LogP contribution in [0.4, 0.5) is 0 Å². The van der Waals surface area contributed by atoms with Crippen LogP contribution in [0.2, 0.25) is 0 Å². The number of hydrogen-bond acceptors (Lipinski definition) is 7. The van der Waals surface area contributed by atoms with Crippen molar-refractivity contribution in [3.63, 3.8) is 0 Å². The fourth-order valence-corrected chi connectivity index (χ4v) is 6.11. The zero-order chi connectivity index (χ0) is 28.9. The van der Waals surface area contributed by atoms with Crippen molar-refractivity contribution in [3.8, 4) is 17.2 Å². The van der Waals surface area contributed by atoms with E-state index >= 15 is 0 Å². The molecule has 7 nitrogen and oxygen atoms in total. The Balaban J connectivity index is 1.50. The van der Waals surface area contributed by atoms with Crippen LogP contribution in [0.5, 0.6) is 17.2 Å². The summed E-state index contributed by atoms with van der Waals surface area (Å²) in [5.41, 5.74) is 4.25. The molecule has 41 heavy (non-hydrogen) atoms. The van der Waals surface area contributed by atoms with Crippen molar-refractivity contribution in [3.05, 3.63) is 111 Å². The highest BCUT2D eigenvalue weighted by molar-refractivity contribution is 9.10. The number of nitrogens with one attached hydrogen (secondary N) is 1. The molecule has 3 aromatic rings. The second kappa shape index (κ2) is 12.6. The topological polar surface area (TPSA) is 83.1 Å². The number of methoxy groups -OCH3 is 2. The van der Waals surface area contributed by atoms with Crippen molar-refractivity contribution in [1.82, 2.24) is 5.32 Å². The van der Waals surface area contributed by atoms with Gasteiger partial charge in [0.05, 0.1) is 19.8 Å². The summed E-state index contributed by atoms with van der Waals surface area (Å²) in [6.45, 7) is 2.10. The van der Waals surface area contributed by atoms with E-state index in [1.807, 2.05) is 61.5 Å². The summed E-state index contributed by atoms with van der Waals surface area (Å²) in [5, 5.41) is 3.40. The van der Waals surface area contributed by atoms with Gasteiger partial charge in [0.15, 0.2) is 17.3 Å². The van der Waals surface area contributed by atoms with Gasteiger partial charge in [-0.1, -0.05) is 64.5 Å². The molecular weight excluding hydrogens is 586 g/mol. The molecule has 5 rings (SSSR count). The number of hydrogen-bond donors (Lipinski definition) is 1. The molecule has 0 bridgehead atoms. The maximum absolute atomic E-state index is 13.9. The molecule has 1 N–H and O–H groups in total. The van der Waals surface area contributed by atoms with Gasteiger partial charge in [0.1, 0.15) is 19.0 Å². The average molecular weight is 619 g/mol. The van der Waals surface area contributed by atoms with Crippen LogP contribution in [0.15, 0.2) is 99.8 Å². The van der Waals surface area contributed by atoms with E-state index in [1.165, 1.54) is 0 Å². The molecule has 1 aliphatic carbocycles. The minimum Gasteiger partial charge on any atom is -0.493 e. The third-order valence-electron chi connectivity index (χ3n) is 7.46. The van der Waals surface area contributed by atoms with Crippen molar-refractivity contribution < 1.29 is 28.5 Å². The summed E-state index contributed by atoms with van der Waals surface area (Å²) in [4.78, 5) is 27.6. The number of dihydropyridines is 1. The summed E-state index contributed by atoms with van der Waals surface area (Å²) in [6, 6.07) is 23.0. The smallest absolute Gasteiger partial charge is 0.336 e. The fraction of sp³-hybridized carbons (Fsp3) is 0.273. The van der Waals surface area contributed by atoms with Gasteiger partial charge in [-0.3, -0.25) is 4.79 Å². The van der Waals surface area contributed by atoms with Crippen molar-refractivity contribution >= 4 is 27.7 Å². The number of Topliss-reactive ketones (excluding diaryl/α,β-unsaturated/α-hetero) is 1. The molecule has 0 aromatic heterocycles. The third kappa shape index (κ3) is 6.03. The number of rotatable bonds is 9. The van der Waals surface area contributed by atoms with E-state index in [4.69, 9.17) is 18.9 Å². The first-order valence-corrected chi connectivity index (χ1v) is 14.3. The summed E-state index contributed by atoms with van der Waals surface area (Å²) in [6.07, 6.45) is 0.995.